The van der Waals surface area contributed by atoms with Gasteiger partial charge in [0.05, 0.1) is 47.4 Å². The number of nitrogen functional groups attached to an aromatic ring is 1. The van der Waals surface area contributed by atoms with Crippen molar-refractivity contribution >= 4 is 29.7 Å². The van der Waals surface area contributed by atoms with Gasteiger partial charge in [-0.2, -0.15) is 10.4 Å². The number of carbonyl (C=O) groups is 1. The number of pyridine rings is 1. The van der Waals surface area contributed by atoms with Gasteiger partial charge in [-0.1, -0.05) is 18.2 Å². The normalized spacial score (nSPS) is 15.9. The van der Waals surface area contributed by atoms with Crippen LogP contribution in [0.1, 0.15) is 23.4 Å². The number of carboxylic acid groups (broad SMARTS) is 1. The number of nitriles is 1. The molecule has 1 unspecified atom stereocenters. The molecule has 0 amide bonds. The van der Waals surface area contributed by atoms with Crippen LogP contribution in [0.15, 0.2) is 58.6 Å². The van der Waals surface area contributed by atoms with Crippen LogP contribution >= 0.6 is 0 Å². The topological polar surface area (TPSA) is 180 Å². The molecule has 1 atom stereocenters. The number of hydrogen-bond donors (Lipinski definition) is 3. The number of hydrogen-bond acceptors (Lipinski definition) is 10. The highest BCUT2D eigenvalue weighted by Crippen LogP contribution is 2.23. The van der Waals surface area contributed by atoms with E-state index in [4.69, 9.17) is 16.8 Å². The lowest BCUT2D eigenvalue weighted by Gasteiger charge is -2.17. The van der Waals surface area contributed by atoms with Crippen molar-refractivity contribution < 1.29 is 9.90 Å². The van der Waals surface area contributed by atoms with Crippen LogP contribution in [-0.4, -0.2) is 51.0 Å². The molecule has 1 fully saturated rings. The molecule has 35 heavy (non-hydrogen) atoms. The molecule has 4 rings (SSSR count). The van der Waals surface area contributed by atoms with Crippen molar-refractivity contribution in [1.29, 1.82) is 5.26 Å². The van der Waals surface area contributed by atoms with Crippen molar-refractivity contribution in [1.82, 2.24) is 15.0 Å². The van der Waals surface area contributed by atoms with Crippen LogP contribution in [0.3, 0.4) is 0 Å². The second-order valence-corrected chi connectivity index (χ2v) is 7.93. The Balaban J connectivity index is 1.49. The van der Waals surface area contributed by atoms with Gasteiger partial charge in [-0.25, -0.2) is 15.0 Å². The Morgan fingerprint density at radius 3 is 2.80 bits per heavy atom. The van der Waals surface area contributed by atoms with E-state index in [1.165, 1.54) is 6.21 Å². The average molecular weight is 470 g/mol. The number of aliphatic carboxylic acids is 1. The molecular weight excluding hydrogens is 446 g/mol. The van der Waals surface area contributed by atoms with Crippen LogP contribution in [0, 0.1) is 17.2 Å². The molecule has 11 nitrogen and oxygen atoms in total. The number of nitrogens with zero attached hydrogens (tertiary/aromatic N) is 7. The Morgan fingerprint density at radius 1 is 1.23 bits per heavy atom. The maximum absolute atomic E-state index is 11.2. The summed E-state index contributed by atoms with van der Waals surface area (Å²) < 4.78 is 0. The molecule has 1 aromatic carbocycles. The molecule has 1 aliphatic heterocycles. The molecule has 1 saturated heterocycles. The largest absolute Gasteiger partial charge is 0.481 e. The van der Waals surface area contributed by atoms with Gasteiger partial charge in [0.25, 0.3) is 0 Å². The third-order valence-electron chi connectivity index (χ3n) is 5.55. The number of rotatable bonds is 7. The standard InChI is InChI=1S/C24H23N9O2/c25-11-15-3-1-4-16(9-15)19-10-20(31-24(26)30-19)21(32-27)13-28-12-18-5-2-6-22(29-18)33-8-7-17(14-33)23(34)35/h1-6,9-10,13,17H,7-8,12,14,27H2,(H,34,35)(H2,26,30,31)/b28-13?,32-21+. The van der Waals surface area contributed by atoms with Gasteiger partial charge < -0.3 is 21.6 Å². The van der Waals surface area contributed by atoms with Crippen molar-refractivity contribution in [3.8, 4) is 17.3 Å². The van der Waals surface area contributed by atoms with Crippen LogP contribution in [0.4, 0.5) is 11.8 Å². The molecule has 0 saturated carbocycles. The molecule has 0 radical (unpaired) electrons. The van der Waals surface area contributed by atoms with Gasteiger partial charge in [0, 0.05) is 18.7 Å². The van der Waals surface area contributed by atoms with Crippen LogP contribution in [0.25, 0.3) is 11.3 Å². The van der Waals surface area contributed by atoms with Crippen molar-refractivity contribution in [2.24, 2.45) is 21.9 Å². The molecule has 3 aromatic rings. The van der Waals surface area contributed by atoms with Crippen molar-refractivity contribution in [3.05, 3.63) is 65.5 Å². The van der Waals surface area contributed by atoms with Crippen LogP contribution in [0.2, 0.25) is 0 Å². The van der Waals surface area contributed by atoms with Gasteiger partial charge in [-0.05, 0) is 36.8 Å². The summed E-state index contributed by atoms with van der Waals surface area (Å²) in [5.74, 6) is 5.19. The highest BCUT2D eigenvalue weighted by molar-refractivity contribution is 6.37. The molecule has 5 N–H and O–H groups in total. The van der Waals surface area contributed by atoms with Gasteiger partial charge in [0.15, 0.2) is 0 Å². The minimum absolute atomic E-state index is 0.0362. The number of aromatic nitrogens is 3. The first-order valence-corrected chi connectivity index (χ1v) is 10.8. The van der Waals surface area contributed by atoms with E-state index in [2.05, 4.69) is 31.1 Å². The number of benzene rings is 1. The molecule has 0 aliphatic carbocycles. The lowest BCUT2D eigenvalue weighted by atomic mass is 10.1. The van der Waals surface area contributed by atoms with E-state index in [9.17, 15) is 9.90 Å². The van der Waals surface area contributed by atoms with Gasteiger partial charge in [-0.3, -0.25) is 9.79 Å². The van der Waals surface area contributed by atoms with Gasteiger partial charge >= 0.3 is 5.97 Å². The second-order valence-electron chi connectivity index (χ2n) is 7.93. The molecular formula is C24H23N9O2. The Morgan fingerprint density at radius 2 is 2.06 bits per heavy atom. The smallest absolute Gasteiger partial charge is 0.308 e. The fraction of sp³-hybridized carbons (Fsp3) is 0.208. The predicted molar refractivity (Wildman–Crippen MR) is 132 cm³/mol. The first-order chi connectivity index (χ1) is 17.0. The molecule has 1 aliphatic rings. The minimum atomic E-state index is -0.784. The third kappa shape index (κ3) is 5.56. The first-order valence-electron chi connectivity index (χ1n) is 10.8. The fourth-order valence-electron chi connectivity index (χ4n) is 3.79. The van der Waals surface area contributed by atoms with E-state index >= 15 is 0 Å². The van der Waals surface area contributed by atoms with Crippen LogP contribution in [0.5, 0.6) is 0 Å². The first kappa shape index (κ1) is 23.3. The molecule has 2 aromatic heterocycles. The maximum atomic E-state index is 11.2. The van der Waals surface area contributed by atoms with Gasteiger partial charge in [0.2, 0.25) is 5.95 Å². The summed E-state index contributed by atoms with van der Waals surface area (Å²) in [5, 5.41) is 22.2. The summed E-state index contributed by atoms with van der Waals surface area (Å²) in [6.07, 6.45) is 2.09. The zero-order valence-corrected chi connectivity index (χ0v) is 18.7. The zero-order valence-electron chi connectivity index (χ0n) is 18.7. The van der Waals surface area contributed by atoms with Gasteiger partial charge in [-0.15, -0.1) is 0 Å². The molecule has 11 heteroatoms. The Kier molecular flexibility index (Phi) is 6.92. The van der Waals surface area contributed by atoms with Gasteiger partial charge in [0.1, 0.15) is 11.5 Å². The third-order valence-corrected chi connectivity index (χ3v) is 5.55. The number of aliphatic imine (C=N–C) groups is 1. The van der Waals surface area contributed by atoms with E-state index in [-0.39, 0.29) is 18.4 Å². The Hall–Kier alpha value is -4.85. The number of carboxylic acids is 1. The minimum Gasteiger partial charge on any atom is -0.481 e. The molecule has 0 spiro atoms. The predicted octanol–water partition coefficient (Wildman–Crippen LogP) is 1.84. The number of hydrazone groups is 1. The molecule has 0 bridgehead atoms. The Bertz CT molecular complexity index is 1350. The lowest BCUT2D eigenvalue weighted by molar-refractivity contribution is -0.140. The summed E-state index contributed by atoms with van der Waals surface area (Å²) in [4.78, 5) is 30.7. The van der Waals surface area contributed by atoms with E-state index in [1.807, 2.05) is 29.2 Å². The Labute approximate surface area is 201 Å². The molecule has 176 valence electrons. The molecule has 3 heterocycles. The summed E-state index contributed by atoms with van der Waals surface area (Å²) in [7, 11) is 0. The highest BCUT2D eigenvalue weighted by Gasteiger charge is 2.28. The van der Waals surface area contributed by atoms with Crippen LogP contribution in [-0.2, 0) is 11.3 Å². The highest BCUT2D eigenvalue weighted by atomic mass is 16.4. The summed E-state index contributed by atoms with van der Waals surface area (Å²) in [5.41, 5.74) is 9.04. The van der Waals surface area contributed by atoms with E-state index in [1.54, 1.807) is 24.3 Å². The second kappa shape index (κ2) is 10.4. The lowest BCUT2D eigenvalue weighted by Crippen LogP contribution is -2.23. The monoisotopic (exact) mass is 469 g/mol. The van der Waals surface area contributed by atoms with Crippen molar-refractivity contribution in [3.63, 3.8) is 0 Å². The SMILES string of the molecule is N#Cc1cccc(-c2cc(/C(C=NCc3cccc(N4CCC(C(=O)O)C4)n3)=N/N)nc(N)n2)c1. The summed E-state index contributed by atoms with van der Waals surface area (Å²) >= 11 is 0. The van der Waals surface area contributed by atoms with E-state index < -0.39 is 5.97 Å². The zero-order chi connectivity index (χ0) is 24.8. The van der Waals surface area contributed by atoms with E-state index in [0.29, 0.717) is 53.4 Å². The average Bonchev–Trinajstić information content (AvgIpc) is 3.37. The summed E-state index contributed by atoms with van der Waals surface area (Å²) in [6.45, 7) is 1.35. The summed E-state index contributed by atoms with van der Waals surface area (Å²) in [6, 6.07) is 16.3. The van der Waals surface area contributed by atoms with Crippen molar-refractivity contribution in [2.75, 3.05) is 23.7 Å². The maximum Gasteiger partial charge on any atom is 0.308 e. The number of anilines is 2. The fourth-order valence-corrected chi connectivity index (χ4v) is 3.79. The van der Waals surface area contributed by atoms with E-state index in [0.717, 1.165) is 5.82 Å². The quantitative estimate of drug-likeness (QED) is 0.264. The number of nitrogens with two attached hydrogens (primary N) is 2. The van der Waals surface area contributed by atoms with Crippen LogP contribution < -0.4 is 16.5 Å². The van der Waals surface area contributed by atoms with Crippen molar-refractivity contribution in [2.45, 2.75) is 13.0 Å².